The van der Waals surface area contributed by atoms with Crippen molar-refractivity contribution >= 4 is 22.6 Å². The summed E-state index contributed by atoms with van der Waals surface area (Å²) in [7, 11) is 0. The Balaban J connectivity index is 3.55. The number of nitrogens with two attached hydrogens (primary N) is 1. The normalized spacial score (nSPS) is 12.2. The summed E-state index contributed by atoms with van der Waals surface area (Å²) in [5.74, 6) is 0. The van der Waals surface area contributed by atoms with Crippen LogP contribution in [0.3, 0.4) is 0 Å². The van der Waals surface area contributed by atoms with E-state index in [1.165, 1.54) is 22.6 Å². The number of aromatic nitrogens is 1. The van der Waals surface area contributed by atoms with Gasteiger partial charge < -0.3 is 5.73 Å². The zero-order chi connectivity index (χ0) is 12.5. The third kappa shape index (κ3) is 2.59. The van der Waals surface area contributed by atoms with E-state index in [0.717, 1.165) is 6.20 Å². The smallest absolute Gasteiger partial charge is 0.326 e. The van der Waals surface area contributed by atoms with Crippen molar-refractivity contribution in [2.45, 2.75) is 19.1 Å². The lowest BCUT2D eigenvalue weighted by molar-refractivity contribution is -0.140. The fourth-order valence-corrected chi connectivity index (χ4v) is 1.96. The standard InChI is InChI=1S/C8H6F5IN2/c9-6(10)4-3(1-15)2-16-7(14)5(4)8(11,12)13/h2,6H,1,15H2. The second-order valence-corrected chi connectivity index (χ2v) is 3.89. The summed E-state index contributed by atoms with van der Waals surface area (Å²) in [4.78, 5) is 3.41. The van der Waals surface area contributed by atoms with Crippen LogP contribution in [0.25, 0.3) is 0 Å². The van der Waals surface area contributed by atoms with Gasteiger partial charge in [0.25, 0.3) is 6.43 Å². The summed E-state index contributed by atoms with van der Waals surface area (Å²) in [5, 5.41) is 0. The van der Waals surface area contributed by atoms with Crippen molar-refractivity contribution in [1.29, 1.82) is 0 Å². The largest absolute Gasteiger partial charge is 0.419 e. The van der Waals surface area contributed by atoms with Crippen LogP contribution in [-0.2, 0) is 12.7 Å². The van der Waals surface area contributed by atoms with Crippen LogP contribution in [0.1, 0.15) is 23.1 Å². The van der Waals surface area contributed by atoms with Gasteiger partial charge in [-0.3, -0.25) is 0 Å². The van der Waals surface area contributed by atoms with E-state index in [1.54, 1.807) is 0 Å². The highest BCUT2D eigenvalue weighted by molar-refractivity contribution is 14.1. The molecular formula is C8H6F5IN2. The van der Waals surface area contributed by atoms with E-state index in [0.29, 0.717) is 0 Å². The molecule has 2 nitrogen and oxygen atoms in total. The fraction of sp³-hybridized carbons (Fsp3) is 0.375. The van der Waals surface area contributed by atoms with Crippen molar-refractivity contribution in [2.24, 2.45) is 5.73 Å². The Bertz CT molecular complexity index is 391. The molecule has 0 aliphatic heterocycles. The number of alkyl halides is 5. The Labute approximate surface area is 101 Å². The van der Waals surface area contributed by atoms with E-state index in [1.807, 2.05) is 0 Å². The molecule has 0 aliphatic rings. The van der Waals surface area contributed by atoms with Crippen LogP contribution in [0.4, 0.5) is 22.0 Å². The lowest BCUT2D eigenvalue weighted by Gasteiger charge is -2.16. The van der Waals surface area contributed by atoms with Gasteiger partial charge in [-0.05, 0) is 28.2 Å². The molecule has 1 aromatic rings. The van der Waals surface area contributed by atoms with Gasteiger partial charge in [-0.1, -0.05) is 0 Å². The third-order valence-corrected chi connectivity index (χ3v) is 2.69. The molecule has 0 atom stereocenters. The molecular weight excluding hydrogens is 346 g/mol. The maximum atomic E-state index is 12.6. The van der Waals surface area contributed by atoms with Crippen LogP contribution in [0.2, 0.25) is 0 Å². The van der Waals surface area contributed by atoms with Gasteiger partial charge in [0.15, 0.2) is 0 Å². The lowest BCUT2D eigenvalue weighted by Crippen LogP contribution is -2.17. The first-order valence-corrected chi connectivity index (χ1v) is 5.09. The van der Waals surface area contributed by atoms with E-state index >= 15 is 0 Å². The Morgan fingerprint density at radius 2 is 1.94 bits per heavy atom. The molecule has 90 valence electrons. The third-order valence-electron chi connectivity index (χ3n) is 1.88. The predicted octanol–water partition coefficient (Wildman–Crippen LogP) is 3.10. The summed E-state index contributed by atoms with van der Waals surface area (Å²) in [5.41, 5.74) is 2.35. The molecule has 8 heteroatoms. The van der Waals surface area contributed by atoms with Gasteiger partial charge in [-0.25, -0.2) is 13.8 Å². The first kappa shape index (κ1) is 13.6. The van der Waals surface area contributed by atoms with Crippen LogP contribution in [-0.4, -0.2) is 4.98 Å². The van der Waals surface area contributed by atoms with Gasteiger partial charge >= 0.3 is 6.18 Å². The predicted molar refractivity (Wildman–Crippen MR) is 54.8 cm³/mol. The van der Waals surface area contributed by atoms with Crippen molar-refractivity contribution in [1.82, 2.24) is 4.98 Å². The second kappa shape index (κ2) is 4.78. The highest BCUT2D eigenvalue weighted by Gasteiger charge is 2.39. The molecule has 0 saturated carbocycles. The minimum Gasteiger partial charge on any atom is -0.326 e. The number of hydrogen-bond acceptors (Lipinski definition) is 2. The van der Waals surface area contributed by atoms with Crippen LogP contribution < -0.4 is 5.73 Å². The van der Waals surface area contributed by atoms with E-state index in [4.69, 9.17) is 5.73 Å². The van der Waals surface area contributed by atoms with Crippen molar-refractivity contribution in [3.63, 3.8) is 0 Å². The van der Waals surface area contributed by atoms with Crippen molar-refractivity contribution in [3.8, 4) is 0 Å². The molecule has 0 fully saturated rings. The zero-order valence-corrected chi connectivity index (χ0v) is 9.81. The van der Waals surface area contributed by atoms with Crippen LogP contribution >= 0.6 is 22.6 Å². The average molecular weight is 352 g/mol. The van der Waals surface area contributed by atoms with E-state index in [9.17, 15) is 22.0 Å². The molecule has 2 N–H and O–H groups in total. The summed E-state index contributed by atoms with van der Waals surface area (Å²) >= 11 is 1.27. The molecule has 0 saturated heterocycles. The molecule has 0 unspecified atom stereocenters. The van der Waals surface area contributed by atoms with Gasteiger partial charge in [0.2, 0.25) is 0 Å². The number of halogens is 6. The summed E-state index contributed by atoms with van der Waals surface area (Å²) < 4.78 is 62.4. The van der Waals surface area contributed by atoms with Gasteiger partial charge in [0, 0.05) is 18.3 Å². The SMILES string of the molecule is NCc1cnc(I)c(C(F)(F)F)c1C(F)F. The lowest BCUT2D eigenvalue weighted by atomic mass is 10.0. The highest BCUT2D eigenvalue weighted by Crippen LogP contribution is 2.39. The van der Waals surface area contributed by atoms with Crippen molar-refractivity contribution in [2.75, 3.05) is 0 Å². The number of pyridine rings is 1. The Kier molecular flexibility index (Phi) is 4.05. The molecule has 16 heavy (non-hydrogen) atoms. The van der Waals surface area contributed by atoms with Gasteiger partial charge in [-0.15, -0.1) is 0 Å². The fourth-order valence-electron chi connectivity index (χ4n) is 1.22. The van der Waals surface area contributed by atoms with E-state index in [-0.39, 0.29) is 5.56 Å². The minimum atomic E-state index is -4.86. The molecule has 0 aromatic carbocycles. The Morgan fingerprint density at radius 3 is 2.31 bits per heavy atom. The number of hydrogen-bond donors (Lipinski definition) is 1. The molecule has 0 aliphatic carbocycles. The van der Waals surface area contributed by atoms with Crippen molar-refractivity contribution < 1.29 is 22.0 Å². The van der Waals surface area contributed by atoms with Crippen LogP contribution in [0.5, 0.6) is 0 Å². The second-order valence-electron chi connectivity index (χ2n) is 2.87. The highest BCUT2D eigenvalue weighted by atomic mass is 127. The summed E-state index contributed by atoms with van der Waals surface area (Å²) in [6.07, 6.45) is -7.15. The molecule has 0 radical (unpaired) electrons. The maximum absolute atomic E-state index is 12.6. The number of nitrogens with zero attached hydrogens (tertiary/aromatic N) is 1. The summed E-state index contributed by atoms with van der Waals surface area (Å²) in [6.45, 7) is -0.410. The molecule has 1 aromatic heterocycles. The van der Waals surface area contributed by atoms with Gasteiger partial charge in [0.05, 0.1) is 5.56 Å². The first-order chi connectivity index (χ1) is 7.29. The van der Waals surface area contributed by atoms with Gasteiger partial charge in [0.1, 0.15) is 3.70 Å². The minimum absolute atomic E-state index is 0.289. The summed E-state index contributed by atoms with van der Waals surface area (Å²) in [6, 6.07) is 0. The molecule has 1 heterocycles. The Hall–Kier alpha value is -0.510. The topological polar surface area (TPSA) is 38.9 Å². The zero-order valence-electron chi connectivity index (χ0n) is 7.65. The number of rotatable bonds is 2. The molecule has 0 bridgehead atoms. The van der Waals surface area contributed by atoms with E-state index in [2.05, 4.69) is 4.98 Å². The quantitative estimate of drug-likeness (QED) is 0.505. The van der Waals surface area contributed by atoms with E-state index < -0.39 is 34.0 Å². The van der Waals surface area contributed by atoms with Crippen LogP contribution in [0, 0.1) is 3.70 Å². The van der Waals surface area contributed by atoms with Crippen LogP contribution in [0.15, 0.2) is 6.20 Å². The molecule has 0 spiro atoms. The molecule has 1 rings (SSSR count). The first-order valence-electron chi connectivity index (χ1n) is 4.01. The monoisotopic (exact) mass is 352 g/mol. The maximum Gasteiger partial charge on any atom is 0.419 e. The Morgan fingerprint density at radius 1 is 1.38 bits per heavy atom. The molecule has 0 amide bonds. The van der Waals surface area contributed by atoms with Crippen molar-refractivity contribution in [3.05, 3.63) is 26.6 Å². The van der Waals surface area contributed by atoms with Gasteiger partial charge in [-0.2, -0.15) is 13.2 Å². The average Bonchev–Trinajstić information content (AvgIpc) is 2.15.